The fraction of sp³-hybridized carbons (Fsp3) is 0.333. The Hall–Kier alpha value is -3.70. The van der Waals surface area contributed by atoms with Gasteiger partial charge in [-0.15, -0.1) is 0 Å². The summed E-state index contributed by atoms with van der Waals surface area (Å²) in [5.74, 6) is -0.469. The molecule has 4 rings (SSSR count). The summed E-state index contributed by atoms with van der Waals surface area (Å²) >= 11 is 0. The van der Waals surface area contributed by atoms with Crippen LogP contribution in [-0.4, -0.2) is 64.2 Å². The third kappa shape index (κ3) is 8.23. The lowest BCUT2D eigenvalue weighted by Crippen LogP contribution is -1.92. The van der Waals surface area contributed by atoms with Crippen LogP contribution in [0.2, 0.25) is 0 Å². The SMILES string of the molecule is CO.COC.Cc1cc2c(F)c(C)c(C)nc2[nH]1.Cc1nc2[nH]c(C=O)cc2c(F)c1C.O=CO. The number of aromatic amines is 2. The molecule has 4 aromatic heterocycles. The first kappa shape index (κ1) is 31.3. The van der Waals surface area contributed by atoms with Gasteiger partial charge >= 0.3 is 0 Å². The topological polar surface area (TPSA) is 141 Å². The maximum Gasteiger partial charge on any atom is 0.290 e. The van der Waals surface area contributed by atoms with Gasteiger partial charge in [0.25, 0.3) is 6.47 Å². The summed E-state index contributed by atoms with van der Waals surface area (Å²) in [5, 5.41) is 14.8. The molecule has 4 N–H and O–H groups in total. The molecule has 0 unspecified atom stereocenters. The first-order valence-electron chi connectivity index (χ1n) is 10.2. The van der Waals surface area contributed by atoms with Crippen molar-refractivity contribution in [3.05, 3.63) is 57.7 Å². The van der Waals surface area contributed by atoms with Crippen LogP contribution in [-0.2, 0) is 9.53 Å². The second-order valence-electron chi connectivity index (χ2n) is 7.11. The minimum atomic E-state index is -0.308. The zero-order valence-electron chi connectivity index (χ0n) is 21.1. The summed E-state index contributed by atoms with van der Waals surface area (Å²) in [4.78, 5) is 33.0. The summed E-state index contributed by atoms with van der Waals surface area (Å²) in [5.41, 5.74) is 4.87. The number of fused-ring (bicyclic) bond motifs is 2. The quantitative estimate of drug-likeness (QED) is 0.289. The number of aromatic nitrogens is 4. The van der Waals surface area contributed by atoms with Crippen molar-refractivity contribution in [3.8, 4) is 0 Å². The largest absolute Gasteiger partial charge is 0.483 e. The number of carboxylic acid groups (broad SMARTS) is 1. The van der Waals surface area contributed by atoms with E-state index in [0.29, 0.717) is 50.9 Å². The Labute approximate surface area is 202 Å². The first-order valence-corrected chi connectivity index (χ1v) is 10.2. The van der Waals surface area contributed by atoms with Crippen LogP contribution in [0.3, 0.4) is 0 Å². The Bertz CT molecular complexity index is 1250. The number of rotatable bonds is 1. The zero-order valence-corrected chi connectivity index (χ0v) is 21.1. The summed E-state index contributed by atoms with van der Waals surface area (Å²) in [7, 11) is 4.25. The first-order chi connectivity index (χ1) is 16.6. The second kappa shape index (κ2) is 15.3. The molecule has 35 heavy (non-hydrogen) atoms. The molecule has 4 aromatic rings. The number of nitrogens with zero attached hydrogens (tertiary/aromatic N) is 2. The number of aryl methyl sites for hydroxylation is 3. The molecule has 4 heterocycles. The predicted octanol–water partition coefficient (Wildman–Crippen LogP) is 4.33. The number of pyridine rings is 2. The molecular formula is C24H32F2N4O5. The fourth-order valence-corrected chi connectivity index (χ4v) is 2.84. The van der Waals surface area contributed by atoms with Gasteiger partial charge in [-0.25, -0.2) is 18.7 Å². The second-order valence-corrected chi connectivity index (χ2v) is 7.11. The van der Waals surface area contributed by atoms with Crippen LogP contribution in [0.4, 0.5) is 8.78 Å². The van der Waals surface area contributed by atoms with Crippen molar-refractivity contribution >= 4 is 34.8 Å². The van der Waals surface area contributed by atoms with E-state index >= 15 is 0 Å². The van der Waals surface area contributed by atoms with Crippen molar-refractivity contribution in [1.29, 1.82) is 0 Å². The van der Waals surface area contributed by atoms with Crippen LogP contribution >= 0.6 is 0 Å². The van der Waals surface area contributed by atoms with Gasteiger partial charge in [0.1, 0.15) is 22.9 Å². The lowest BCUT2D eigenvalue weighted by Gasteiger charge is -2.00. The molecule has 0 aliphatic heterocycles. The molecule has 0 amide bonds. The van der Waals surface area contributed by atoms with Gasteiger partial charge in [-0.2, -0.15) is 0 Å². The number of hydrogen-bond acceptors (Lipinski definition) is 6. The third-order valence-electron chi connectivity index (χ3n) is 4.65. The summed E-state index contributed by atoms with van der Waals surface area (Å²) in [6, 6.07) is 3.25. The van der Waals surface area contributed by atoms with Gasteiger partial charge in [-0.1, -0.05) is 0 Å². The minimum Gasteiger partial charge on any atom is -0.483 e. The van der Waals surface area contributed by atoms with E-state index in [0.717, 1.165) is 18.5 Å². The van der Waals surface area contributed by atoms with Crippen LogP contribution in [0.15, 0.2) is 12.1 Å². The van der Waals surface area contributed by atoms with Gasteiger partial charge in [0.05, 0.1) is 16.5 Å². The van der Waals surface area contributed by atoms with E-state index in [2.05, 4.69) is 24.7 Å². The molecule has 0 atom stereocenters. The number of aliphatic hydroxyl groups is 1. The maximum absolute atomic E-state index is 13.6. The standard InChI is InChI=1S/C10H9FN2O.C10H11FN2.C2H6O.CH2O2.CH4O/c1-5-6(2)12-10-8(9(5)11)3-7(4-14)13-10;1-5-4-8-9(11)6(2)7(3)13-10(8)12-5;1-3-2;2-1-3;1-2/h3-4H,1-2H3,(H,12,13);4H,1-3H3,(H,12,13);1-2H3;1H,(H,2,3);2H,1H3. The smallest absolute Gasteiger partial charge is 0.290 e. The maximum atomic E-state index is 13.6. The number of carbonyl (C=O) groups is 2. The molecule has 0 aliphatic rings. The van der Waals surface area contributed by atoms with Crippen molar-refractivity contribution in [3.63, 3.8) is 0 Å². The van der Waals surface area contributed by atoms with Gasteiger partial charge < -0.3 is 24.9 Å². The Balaban J connectivity index is 0.000000512. The average Bonchev–Trinajstić information content (AvgIpc) is 3.41. The van der Waals surface area contributed by atoms with Gasteiger partial charge in [-0.05, 0) is 46.8 Å². The Morgan fingerprint density at radius 3 is 1.60 bits per heavy atom. The lowest BCUT2D eigenvalue weighted by atomic mass is 10.2. The fourth-order valence-electron chi connectivity index (χ4n) is 2.84. The highest BCUT2D eigenvalue weighted by Gasteiger charge is 2.11. The molecule has 0 saturated carbocycles. The summed E-state index contributed by atoms with van der Waals surface area (Å²) in [6.45, 7) is 8.61. The molecule has 0 bridgehead atoms. The van der Waals surface area contributed by atoms with Gasteiger partial charge in [0, 0.05) is 49.5 Å². The van der Waals surface area contributed by atoms with Crippen molar-refractivity contribution in [2.45, 2.75) is 34.6 Å². The number of halogens is 2. The van der Waals surface area contributed by atoms with Gasteiger partial charge in [0.15, 0.2) is 6.29 Å². The number of aldehydes is 1. The summed E-state index contributed by atoms with van der Waals surface area (Å²) < 4.78 is 31.5. The van der Waals surface area contributed by atoms with Crippen LogP contribution in [0.5, 0.6) is 0 Å². The molecule has 0 radical (unpaired) electrons. The highest BCUT2D eigenvalue weighted by molar-refractivity contribution is 5.86. The van der Waals surface area contributed by atoms with E-state index in [4.69, 9.17) is 15.0 Å². The highest BCUT2D eigenvalue weighted by atomic mass is 19.1. The Morgan fingerprint density at radius 1 is 0.829 bits per heavy atom. The third-order valence-corrected chi connectivity index (χ3v) is 4.65. The number of H-pyrrole nitrogens is 2. The molecule has 0 fully saturated rings. The number of ether oxygens (including phenoxy) is 1. The highest BCUT2D eigenvalue weighted by Crippen LogP contribution is 2.22. The van der Waals surface area contributed by atoms with Crippen LogP contribution in [0.25, 0.3) is 22.1 Å². The number of nitrogens with one attached hydrogen (secondary N) is 2. The van der Waals surface area contributed by atoms with Gasteiger partial charge in [-0.3, -0.25) is 9.59 Å². The van der Waals surface area contributed by atoms with Gasteiger partial charge in [0.2, 0.25) is 0 Å². The van der Waals surface area contributed by atoms with E-state index in [1.165, 1.54) is 6.07 Å². The van der Waals surface area contributed by atoms with Crippen LogP contribution < -0.4 is 0 Å². The lowest BCUT2D eigenvalue weighted by molar-refractivity contribution is -0.122. The molecule has 192 valence electrons. The van der Waals surface area contributed by atoms with E-state index in [1.807, 2.05) is 13.8 Å². The zero-order chi connectivity index (χ0) is 27.3. The number of hydrogen-bond donors (Lipinski definition) is 4. The Morgan fingerprint density at radius 2 is 1.20 bits per heavy atom. The minimum absolute atomic E-state index is 0.160. The average molecular weight is 495 g/mol. The van der Waals surface area contributed by atoms with Crippen molar-refractivity contribution in [2.24, 2.45) is 0 Å². The van der Waals surface area contributed by atoms with Crippen molar-refractivity contribution < 1.29 is 33.3 Å². The monoisotopic (exact) mass is 494 g/mol. The van der Waals surface area contributed by atoms with Crippen LogP contribution in [0, 0.1) is 46.3 Å². The molecular weight excluding hydrogens is 462 g/mol. The molecule has 9 nitrogen and oxygen atoms in total. The van der Waals surface area contributed by atoms with E-state index in [9.17, 15) is 13.6 Å². The molecule has 0 spiro atoms. The molecule has 0 aromatic carbocycles. The van der Waals surface area contributed by atoms with E-state index in [-0.39, 0.29) is 18.1 Å². The number of methoxy groups -OCH3 is 1. The molecule has 0 aliphatic carbocycles. The number of carbonyl (C=O) groups excluding carboxylic acids is 1. The van der Waals surface area contributed by atoms with Crippen molar-refractivity contribution in [1.82, 2.24) is 19.9 Å². The van der Waals surface area contributed by atoms with Crippen LogP contribution in [0.1, 0.15) is 38.7 Å². The van der Waals surface area contributed by atoms with Crippen molar-refractivity contribution in [2.75, 3.05) is 21.3 Å². The normalized spacial score (nSPS) is 9.46. The molecule has 11 heteroatoms. The Kier molecular flexibility index (Phi) is 13.6. The molecule has 0 saturated heterocycles. The number of aliphatic hydroxyl groups excluding tert-OH is 1. The van der Waals surface area contributed by atoms with E-state index in [1.54, 1.807) is 41.1 Å². The van der Waals surface area contributed by atoms with E-state index < -0.39 is 0 Å². The summed E-state index contributed by atoms with van der Waals surface area (Å²) in [6.07, 6.45) is 0.645. The predicted molar refractivity (Wildman–Crippen MR) is 131 cm³/mol.